The Bertz CT molecular complexity index is 1030. The Hall–Kier alpha value is -3.55. The summed E-state index contributed by atoms with van der Waals surface area (Å²) in [6, 6.07) is 11.1. The first kappa shape index (κ1) is 20.2. The molecule has 0 atom stereocenters. The highest BCUT2D eigenvalue weighted by atomic mass is 16.5. The van der Waals surface area contributed by atoms with Crippen LogP contribution >= 0.6 is 0 Å². The fourth-order valence-corrected chi connectivity index (χ4v) is 3.21. The zero-order valence-corrected chi connectivity index (χ0v) is 17.1. The Kier molecular flexibility index (Phi) is 5.72. The van der Waals surface area contributed by atoms with Gasteiger partial charge >= 0.3 is 0 Å². The number of carbonyl (C=O) groups excluding carboxylic acids is 2. The zero-order valence-electron chi connectivity index (χ0n) is 17.1. The van der Waals surface area contributed by atoms with Gasteiger partial charge in [-0.3, -0.25) is 9.59 Å². The molecule has 8 nitrogen and oxygen atoms in total. The molecule has 152 valence electrons. The lowest BCUT2D eigenvalue weighted by Gasteiger charge is -2.17. The molecular weight excluding hydrogens is 372 g/mol. The number of aryl methyl sites for hydroxylation is 2. The lowest BCUT2D eigenvalue weighted by atomic mass is 10.2. The van der Waals surface area contributed by atoms with Gasteiger partial charge in [0.25, 0.3) is 5.91 Å². The summed E-state index contributed by atoms with van der Waals surface area (Å²) in [5, 5.41) is 6.33. The van der Waals surface area contributed by atoms with E-state index in [4.69, 9.17) is 9.26 Å². The highest BCUT2D eigenvalue weighted by Crippen LogP contribution is 2.23. The molecule has 0 aliphatic rings. The molecule has 0 fully saturated rings. The van der Waals surface area contributed by atoms with Crippen LogP contribution in [0.25, 0.3) is 5.69 Å². The summed E-state index contributed by atoms with van der Waals surface area (Å²) >= 11 is 0. The van der Waals surface area contributed by atoms with Crippen molar-refractivity contribution < 1.29 is 18.8 Å². The van der Waals surface area contributed by atoms with Crippen LogP contribution in [0, 0.1) is 20.8 Å². The molecule has 8 heteroatoms. The van der Waals surface area contributed by atoms with Crippen molar-refractivity contribution in [2.75, 3.05) is 26.0 Å². The number of ether oxygens (including phenoxy) is 1. The molecule has 2 aromatic heterocycles. The molecule has 3 rings (SSSR count). The second kappa shape index (κ2) is 8.22. The molecule has 1 N–H and O–H groups in total. The number of anilines is 1. The third-order valence-corrected chi connectivity index (χ3v) is 4.62. The third-order valence-electron chi connectivity index (χ3n) is 4.62. The van der Waals surface area contributed by atoms with Gasteiger partial charge in [0.1, 0.15) is 11.5 Å². The van der Waals surface area contributed by atoms with Crippen molar-refractivity contribution in [1.82, 2.24) is 14.6 Å². The van der Waals surface area contributed by atoms with Crippen molar-refractivity contribution >= 4 is 17.6 Å². The smallest absolute Gasteiger partial charge is 0.255 e. The second-order valence-corrected chi connectivity index (χ2v) is 6.85. The minimum absolute atomic E-state index is 0.100. The van der Waals surface area contributed by atoms with E-state index in [9.17, 15) is 9.59 Å². The lowest BCUT2D eigenvalue weighted by molar-refractivity contribution is -0.116. The summed E-state index contributed by atoms with van der Waals surface area (Å²) < 4.78 is 12.1. The minimum Gasteiger partial charge on any atom is -0.497 e. The van der Waals surface area contributed by atoms with Crippen LogP contribution in [0.15, 0.2) is 40.9 Å². The van der Waals surface area contributed by atoms with Crippen molar-refractivity contribution in [2.24, 2.45) is 0 Å². The number of carbonyl (C=O) groups is 2. The Balaban J connectivity index is 1.75. The third kappa shape index (κ3) is 4.31. The number of nitrogens with zero attached hydrogens (tertiary/aromatic N) is 3. The first-order valence-electron chi connectivity index (χ1n) is 9.12. The molecule has 0 unspecified atom stereocenters. The van der Waals surface area contributed by atoms with E-state index < -0.39 is 0 Å². The van der Waals surface area contributed by atoms with Gasteiger partial charge in [-0.15, -0.1) is 0 Å². The Morgan fingerprint density at radius 3 is 2.45 bits per heavy atom. The molecule has 0 saturated heterocycles. The molecule has 0 radical (unpaired) electrons. The molecule has 1 aromatic carbocycles. The SMILES string of the molecule is COc1ccc(-n2c(C)cc(C(=O)N(C)CC(=O)Nc3cc(C)on3)c2C)cc1. The number of hydrogen-bond acceptors (Lipinski definition) is 5. The van der Waals surface area contributed by atoms with Gasteiger partial charge in [0, 0.05) is 30.2 Å². The van der Waals surface area contributed by atoms with E-state index >= 15 is 0 Å². The number of likely N-dealkylation sites (N-methyl/N-ethyl adjacent to an activating group) is 1. The van der Waals surface area contributed by atoms with E-state index in [0.717, 1.165) is 22.8 Å². The van der Waals surface area contributed by atoms with Crippen molar-refractivity contribution in [3.8, 4) is 11.4 Å². The van der Waals surface area contributed by atoms with Crippen LogP contribution in [-0.4, -0.2) is 47.1 Å². The molecule has 0 aliphatic heterocycles. The summed E-state index contributed by atoms with van der Waals surface area (Å²) in [6.45, 7) is 5.46. The van der Waals surface area contributed by atoms with Gasteiger partial charge in [-0.05, 0) is 51.1 Å². The van der Waals surface area contributed by atoms with Crippen LogP contribution in [0.4, 0.5) is 5.82 Å². The number of nitrogens with one attached hydrogen (secondary N) is 1. The van der Waals surface area contributed by atoms with Crippen molar-refractivity contribution in [2.45, 2.75) is 20.8 Å². The molecule has 2 amide bonds. The fourth-order valence-electron chi connectivity index (χ4n) is 3.21. The maximum atomic E-state index is 12.9. The largest absolute Gasteiger partial charge is 0.497 e. The van der Waals surface area contributed by atoms with Gasteiger partial charge in [-0.1, -0.05) is 5.16 Å². The van der Waals surface area contributed by atoms with Crippen LogP contribution in [0.5, 0.6) is 5.75 Å². The van der Waals surface area contributed by atoms with E-state index in [-0.39, 0.29) is 18.4 Å². The average molecular weight is 396 g/mol. The second-order valence-electron chi connectivity index (χ2n) is 6.85. The summed E-state index contributed by atoms with van der Waals surface area (Å²) in [4.78, 5) is 26.5. The van der Waals surface area contributed by atoms with Crippen LogP contribution in [0.1, 0.15) is 27.5 Å². The monoisotopic (exact) mass is 396 g/mol. The normalized spacial score (nSPS) is 10.7. The maximum Gasteiger partial charge on any atom is 0.255 e. The summed E-state index contributed by atoms with van der Waals surface area (Å²) in [5.74, 6) is 1.10. The van der Waals surface area contributed by atoms with Gasteiger partial charge in [0.2, 0.25) is 5.91 Å². The van der Waals surface area contributed by atoms with E-state index in [2.05, 4.69) is 10.5 Å². The van der Waals surface area contributed by atoms with Gasteiger partial charge in [-0.2, -0.15) is 0 Å². The van der Waals surface area contributed by atoms with Crippen LogP contribution in [-0.2, 0) is 4.79 Å². The number of rotatable bonds is 6. The van der Waals surface area contributed by atoms with Gasteiger partial charge in [-0.25, -0.2) is 0 Å². The Labute approximate surface area is 169 Å². The molecule has 0 spiro atoms. The molecule has 0 aliphatic carbocycles. The van der Waals surface area contributed by atoms with Gasteiger partial charge < -0.3 is 24.0 Å². The summed E-state index contributed by atoms with van der Waals surface area (Å²) in [6.07, 6.45) is 0. The molecule has 2 heterocycles. The van der Waals surface area contributed by atoms with E-state index in [1.165, 1.54) is 4.90 Å². The summed E-state index contributed by atoms with van der Waals surface area (Å²) in [5.41, 5.74) is 3.21. The molecule has 0 saturated carbocycles. The minimum atomic E-state index is -0.349. The number of methoxy groups -OCH3 is 1. The standard InChI is InChI=1S/C21H24N4O4/c1-13-10-18(15(3)25(13)16-6-8-17(28-5)9-7-16)21(27)24(4)12-20(26)22-19-11-14(2)29-23-19/h6-11H,12H2,1-5H3,(H,22,23,26). The van der Waals surface area contributed by atoms with E-state index in [0.29, 0.717) is 17.1 Å². The number of benzene rings is 1. The topological polar surface area (TPSA) is 89.6 Å². The average Bonchev–Trinajstić information content (AvgIpc) is 3.23. The van der Waals surface area contributed by atoms with E-state index in [1.54, 1.807) is 27.1 Å². The quantitative estimate of drug-likeness (QED) is 0.691. The van der Waals surface area contributed by atoms with Crippen LogP contribution in [0.3, 0.4) is 0 Å². The maximum absolute atomic E-state index is 12.9. The van der Waals surface area contributed by atoms with E-state index in [1.807, 2.05) is 48.7 Å². The Morgan fingerprint density at radius 2 is 1.86 bits per heavy atom. The van der Waals surface area contributed by atoms with Gasteiger partial charge in [0.05, 0.1) is 19.2 Å². The first-order chi connectivity index (χ1) is 13.8. The molecule has 3 aromatic rings. The predicted molar refractivity (Wildman–Crippen MR) is 109 cm³/mol. The fraction of sp³-hybridized carbons (Fsp3) is 0.286. The number of aromatic nitrogens is 2. The molecule has 29 heavy (non-hydrogen) atoms. The van der Waals surface area contributed by atoms with Crippen molar-refractivity contribution in [3.05, 3.63) is 59.1 Å². The predicted octanol–water partition coefficient (Wildman–Crippen LogP) is 3.11. The van der Waals surface area contributed by atoms with Crippen molar-refractivity contribution in [1.29, 1.82) is 0 Å². The highest BCUT2D eigenvalue weighted by molar-refractivity contribution is 5.99. The van der Waals surface area contributed by atoms with Gasteiger partial charge in [0.15, 0.2) is 5.82 Å². The zero-order chi connectivity index (χ0) is 21.1. The van der Waals surface area contributed by atoms with Crippen LogP contribution in [0.2, 0.25) is 0 Å². The summed E-state index contributed by atoms with van der Waals surface area (Å²) in [7, 11) is 3.21. The number of hydrogen-bond donors (Lipinski definition) is 1. The lowest BCUT2D eigenvalue weighted by Crippen LogP contribution is -2.35. The first-order valence-corrected chi connectivity index (χ1v) is 9.12. The molecule has 0 bridgehead atoms. The molecular formula is C21H24N4O4. The van der Waals surface area contributed by atoms with Crippen LogP contribution < -0.4 is 10.1 Å². The number of amides is 2. The Morgan fingerprint density at radius 1 is 1.17 bits per heavy atom. The highest BCUT2D eigenvalue weighted by Gasteiger charge is 2.21. The van der Waals surface area contributed by atoms with Crippen molar-refractivity contribution in [3.63, 3.8) is 0 Å².